The molecule has 6 heteroatoms. The van der Waals surface area contributed by atoms with Crippen molar-refractivity contribution in [3.05, 3.63) is 71.7 Å². The smallest absolute Gasteiger partial charge is 0.123 e. The summed E-state index contributed by atoms with van der Waals surface area (Å²) in [5, 5.41) is 0. The molecular weight excluding hydrogens is 378 g/mol. The molecule has 1 atom stereocenters. The number of rotatable bonds is 6. The predicted octanol–water partition coefficient (Wildman–Crippen LogP) is 4.04. The fourth-order valence-electron chi connectivity index (χ4n) is 3.69. The zero-order chi connectivity index (χ0) is 20.9. The Labute approximate surface area is 177 Å². The molecule has 30 heavy (non-hydrogen) atoms. The average Bonchev–Trinajstić information content (AvgIpc) is 2.80. The van der Waals surface area contributed by atoms with E-state index in [0.29, 0.717) is 6.61 Å². The fraction of sp³-hybridized carbons (Fsp3) is 0.333. The molecule has 0 amide bonds. The molecule has 0 radical (unpaired) electrons. The van der Waals surface area contributed by atoms with Crippen LogP contribution in [0.4, 0.5) is 0 Å². The third-order valence-corrected chi connectivity index (χ3v) is 5.36. The molecule has 1 aliphatic rings. The van der Waals surface area contributed by atoms with Crippen LogP contribution in [-0.2, 0) is 11.3 Å². The Morgan fingerprint density at radius 1 is 1.07 bits per heavy atom. The van der Waals surface area contributed by atoms with Crippen molar-refractivity contribution in [1.82, 2.24) is 14.9 Å². The van der Waals surface area contributed by atoms with Crippen LogP contribution in [0.2, 0.25) is 0 Å². The van der Waals surface area contributed by atoms with E-state index in [4.69, 9.17) is 19.2 Å². The monoisotopic (exact) mass is 405 g/mol. The highest BCUT2D eigenvalue weighted by Gasteiger charge is 2.24. The zero-order valence-corrected chi connectivity index (χ0v) is 17.7. The summed E-state index contributed by atoms with van der Waals surface area (Å²) in [6.07, 6.45) is 3.47. The predicted molar refractivity (Wildman–Crippen MR) is 116 cm³/mol. The van der Waals surface area contributed by atoms with Gasteiger partial charge in [-0.3, -0.25) is 9.88 Å². The lowest BCUT2D eigenvalue weighted by Gasteiger charge is -2.33. The minimum atomic E-state index is -0.110. The van der Waals surface area contributed by atoms with Crippen LogP contribution in [0.25, 0.3) is 11.3 Å². The molecule has 0 unspecified atom stereocenters. The van der Waals surface area contributed by atoms with Gasteiger partial charge in [0.1, 0.15) is 17.6 Å². The van der Waals surface area contributed by atoms with Gasteiger partial charge in [-0.2, -0.15) is 0 Å². The second-order valence-electron chi connectivity index (χ2n) is 7.47. The Morgan fingerprint density at radius 3 is 2.67 bits per heavy atom. The second-order valence-corrected chi connectivity index (χ2v) is 7.47. The lowest BCUT2D eigenvalue weighted by atomic mass is 10.1. The largest absolute Gasteiger partial charge is 0.497 e. The van der Waals surface area contributed by atoms with Gasteiger partial charge in [-0.1, -0.05) is 12.1 Å². The molecule has 0 N–H and O–H groups in total. The normalized spacial score (nSPS) is 17.0. The van der Waals surface area contributed by atoms with Gasteiger partial charge < -0.3 is 14.2 Å². The molecule has 1 aromatic heterocycles. The first kappa shape index (κ1) is 20.3. The van der Waals surface area contributed by atoms with Crippen LogP contribution in [0, 0.1) is 6.92 Å². The molecule has 6 nitrogen and oxygen atoms in total. The SMILES string of the molecule is COc1ccc(-c2cncc([C@@H]3CN(Cc4ccc(C)cc4OC)CCO3)n2)cc1. The number of methoxy groups -OCH3 is 2. The molecule has 0 bridgehead atoms. The zero-order valence-electron chi connectivity index (χ0n) is 17.7. The van der Waals surface area contributed by atoms with E-state index in [2.05, 4.69) is 35.0 Å². The number of benzene rings is 2. The van der Waals surface area contributed by atoms with Gasteiger partial charge in [0.15, 0.2) is 0 Å². The molecule has 1 saturated heterocycles. The molecule has 0 saturated carbocycles. The number of hydrogen-bond donors (Lipinski definition) is 0. The molecule has 3 aromatic rings. The van der Waals surface area contributed by atoms with Gasteiger partial charge in [0, 0.05) is 30.8 Å². The summed E-state index contributed by atoms with van der Waals surface area (Å²) in [4.78, 5) is 11.6. The van der Waals surface area contributed by atoms with Crippen molar-refractivity contribution < 1.29 is 14.2 Å². The van der Waals surface area contributed by atoms with Crippen molar-refractivity contribution in [3.8, 4) is 22.8 Å². The summed E-state index contributed by atoms with van der Waals surface area (Å²) in [6, 6.07) is 14.2. The summed E-state index contributed by atoms with van der Waals surface area (Å²) >= 11 is 0. The Hall–Kier alpha value is -2.96. The molecule has 4 rings (SSSR count). The molecule has 1 fully saturated rings. The van der Waals surface area contributed by atoms with E-state index in [0.717, 1.165) is 48.1 Å². The molecular formula is C24H27N3O3. The summed E-state index contributed by atoms with van der Waals surface area (Å²) in [6.45, 7) is 5.19. The highest BCUT2D eigenvalue weighted by molar-refractivity contribution is 5.59. The molecule has 1 aliphatic heterocycles. The minimum Gasteiger partial charge on any atom is -0.497 e. The van der Waals surface area contributed by atoms with Crippen LogP contribution in [-0.4, -0.2) is 48.8 Å². The van der Waals surface area contributed by atoms with Gasteiger partial charge in [-0.15, -0.1) is 0 Å². The third-order valence-electron chi connectivity index (χ3n) is 5.36. The Balaban J connectivity index is 1.49. The van der Waals surface area contributed by atoms with Crippen LogP contribution < -0.4 is 9.47 Å². The first-order valence-corrected chi connectivity index (χ1v) is 10.1. The summed E-state index contributed by atoms with van der Waals surface area (Å²) < 4.78 is 16.8. The Morgan fingerprint density at radius 2 is 1.90 bits per heavy atom. The van der Waals surface area contributed by atoms with Gasteiger partial charge in [-0.25, -0.2) is 4.98 Å². The number of aromatic nitrogens is 2. The van der Waals surface area contributed by atoms with E-state index >= 15 is 0 Å². The van der Waals surface area contributed by atoms with Crippen LogP contribution in [0.1, 0.15) is 22.9 Å². The van der Waals surface area contributed by atoms with Crippen LogP contribution in [0.3, 0.4) is 0 Å². The van der Waals surface area contributed by atoms with Gasteiger partial charge in [0.2, 0.25) is 0 Å². The van der Waals surface area contributed by atoms with Crippen molar-refractivity contribution in [2.75, 3.05) is 33.9 Å². The van der Waals surface area contributed by atoms with Gasteiger partial charge in [0.05, 0.1) is 44.6 Å². The summed E-state index contributed by atoms with van der Waals surface area (Å²) in [5.41, 5.74) is 5.06. The molecule has 0 spiro atoms. The van der Waals surface area contributed by atoms with Crippen molar-refractivity contribution >= 4 is 0 Å². The van der Waals surface area contributed by atoms with Gasteiger partial charge in [-0.05, 0) is 42.8 Å². The van der Waals surface area contributed by atoms with E-state index in [1.807, 2.05) is 24.3 Å². The number of morpholine rings is 1. The van der Waals surface area contributed by atoms with Crippen molar-refractivity contribution in [2.24, 2.45) is 0 Å². The van der Waals surface area contributed by atoms with E-state index in [9.17, 15) is 0 Å². The molecule has 2 aromatic carbocycles. The standard InChI is InChI=1S/C24H27N3O3/c1-17-4-5-19(23(12-17)29-3)15-27-10-11-30-24(16-27)22-14-25-13-21(26-22)18-6-8-20(28-2)9-7-18/h4-9,12-14,24H,10-11,15-16H2,1-3H3/t24-/m0/s1. The maximum atomic E-state index is 6.04. The Kier molecular flexibility index (Phi) is 6.26. The lowest BCUT2D eigenvalue weighted by Crippen LogP contribution is -2.38. The van der Waals surface area contributed by atoms with Crippen molar-refractivity contribution in [2.45, 2.75) is 19.6 Å². The van der Waals surface area contributed by atoms with E-state index < -0.39 is 0 Å². The van der Waals surface area contributed by atoms with E-state index in [-0.39, 0.29) is 6.10 Å². The van der Waals surface area contributed by atoms with E-state index in [1.54, 1.807) is 26.6 Å². The first-order valence-electron chi connectivity index (χ1n) is 10.1. The van der Waals surface area contributed by atoms with E-state index in [1.165, 1.54) is 11.1 Å². The first-order chi connectivity index (χ1) is 14.7. The number of hydrogen-bond acceptors (Lipinski definition) is 6. The number of nitrogens with zero attached hydrogens (tertiary/aromatic N) is 3. The van der Waals surface area contributed by atoms with Crippen molar-refractivity contribution in [1.29, 1.82) is 0 Å². The average molecular weight is 405 g/mol. The maximum absolute atomic E-state index is 6.04. The van der Waals surface area contributed by atoms with Gasteiger partial charge >= 0.3 is 0 Å². The quantitative estimate of drug-likeness (QED) is 0.617. The number of aryl methyl sites for hydroxylation is 1. The molecule has 2 heterocycles. The minimum absolute atomic E-state index is 0.110. The van der Waals surface area contributed by atoms with Gasteiger partial charge in [0.25, 0.3) is 0 Å². The lowest BCUT2D eigenvalue weighted by molar-refractivity contribution is -0.0352. The number of ether oxygens (including phenoxy) is 3. The Bertz CT molecular complexity index is 991. The van der Waals surface area contributed by atoms with Crippen molar-refractivity contribution in [3.63, 3.8) is 0 Å². The third kappa shape index (κ3) is 4.61. The second kappa shape index (κ2) is 9.24. The topological polar surface area (TPSA) is 56.7 Å². The van der Waals surface area contributed by atoms with Crippen LogP contribution in [0.5, 0.6) is 11.5 Å². The summed E-state index contributed by atoms with van der Waals surface area (Å²) in [5.74, 6) is 1.75. The highest BCUT2D eigenvalue weighted by atomic mass is 16.5. The fourth-order valence-corrected chi connectivity index (χ4v) is 3.69. The maximum Gasteiger partial charge on any atom is 0.123 e. The van der Waals surface area contributed by atoms with Crippen LogP contribution in [0.15, 0.2) is 54.9 Å². The summed E-state index contributed by atoms with van der Waals surface area (Å²) in [7, 11) is 3.38. The highest BCUT2D eigenvalue weighted by Crippen LogP contribution is 2.27. The molecule has 156 valence electrons. The molecule has 0 aliphatic carbocycles. The van der Waals surface area contributed by atoms with Crippen LogP contribution >= 0.6 is 0 Å².